The Labute approximate surface area is 145 Å². The fourth-order valence-electron chi connectivity index (χ4n) is 3.72. The number of aromatic hydroxyl groups is 1. The lowest BCUT2D eigenvalue weighted by Crippen LogP contribution is -2.29. The van der Waals surface area contributed by atoms with Gasteiger partial charge < -0.3 is 22.0 Å². The maximum Gasteiger partial charge on any atom is 0.115 e. The molecule has 0 saturated carbocycles. The summed E-state index contributed by atoms with van der Waals surface area (Å²) in [5.74, 6) is 0.231. The Hall–Kier alpha value is -2.92. The molecular weight excluding hydrogens is 312 g/mol. The Morgan fingerprint density at radius 2 is 1.88 bits per heavy atom. The van der Waals surface area contributed by atoms with E-state index in [4.69, 9.17) is 21.9 Å². The van der Waals surface area contributed by atoms with Crippen molar-refractivity contribution in [3.63, 3.8) is 0 Å². The lowest BCUT2D eigenvalue weighted by Gasteiger charge is -2.26. The van der Waals surface area contributed by atoms with E-state index in [-0.39, 0.29) is 11.8 Å². The van der Waals surface area contributed by atoms with E-state index in [1.807, 2.05) is 18.2 Å². The lowest BCUT2D eigenvalue weighted by molar-refractivity contribution is 0.475. The number of anilines is 1. The Bertz CT molecular complexity index is 979. The molecule has 1 heterocycles. The molecular formula is C20H20N4O. The number of hydrogen-bond donors (Lipinski definition) is 4. The first-order chi connectivity index (χ1) is 12.1. The van der Waals surface area contributed by atoms with Gasteiger partial charge in [-0.15, -0.1) is 0 Å². The van der Waals surface area contributed by atoms with E-state index in [0.717, 1.165) is 52.5 Å². The Morgan fingerprint density at radius 1 is 1.12 bits per heavy atom. The minimum Gasteiger partial charge on any atom is -0.508 e. The fraction of sp³-hybridized carbons (Fsp3) is 0.200. The predicted molar refractivity (Wildman–Crippen MR) is 101 cm³/mol. The second kappa shape index (κ2) is 5.86. The summed E-state index contributed by atoms with van der Waals surface area (Å²) in [6.45, 7) is 0. The average Bonchev–Trinajstić information content (AvgIpc) is 2.61. The number of phenolic OH excluding ortho intramolecular Hbond substituents is 1. The van der Waals surface area contributed by atoms with Crippen LogP contribution in [0.1, 0.15) is 23.1 Å². The maximum atomic E-state index is 9.58. The number of aromatic nitrogens is 1. The number of rotatable bonds is 2. The first-order valence-corrected chi connectivity index (χ1v) is 8.38. The van der Waals surface area contributed by atoms with Gasteiger partial charge in [0.2, 0.25) is 0 Å². The van der Waals surface area contributed by atoms with Gasteiger partial charge in [-0.1, -0.05) is 0 Å². The van der Waals surface area contributed by atoms with Crippen molar-refractivity contribution in [2.24, 2.45) is 5.73 Å². The quantitative estimate of drug-likeness (QED) is 0.427. The van der Waals surface area contributed by atoms with Crippen LogP contribution in [0.5, 0.6) is 5.75 Å². The van der Waals surface area contributed by atoms with E-state index in [2.05, 4.69) is 0 Å². The summed E-state index contributed by atoms with van der Waals surface area (Å²) >= 11 is 0. The van der Waals surface area contributed by atoms with Gasteiger partial charge in [0.15, 0.2) is 0 Å². The molecule has 0 fully saturated rings. The molecule has 1 atom stereocenters. The average molecular weight is 332 g/mol. The van der Waals surface area contributed by atoms with Crippen molar-refractivity contribution in [3.8, 4) is 17.0 Å². The molecule has 6 N–H and O–H groups in total. The van der Waals surface area contributed by atoms with Crippen LogP contribution in [-0.2, 0) is 12.8 Å². The Balaban J connectivity index is 2.08. The number of pyridine rings is 1. The van der Waals surface area contributed by atoms with Gasteiger partial charge in [-0.25, -0.2) is 4.98 Å². The van der Waals surface area contributed by atoms with Gasteiger partial charge in [-0.3, -0.25) is 0 Å². The highest BCUT2D eigenvalue weighted by Crippen LogP contribution is 2.37. The highest BCUT2D eigenvalue weighted by atomic mass is 16.3. The SMILES string of the molecule is N=Cc1c(N)ccc2nc(-c3ccc(O)cc3)c3c(c12)CCC(N)C3. The Kier molecular flexibility index (Phi) is 3.66. The minimum absolute atomic E-state index is 0.104. The highest BCUT2D eigenvalue weighted by molar-refractivity contribution is 6.05. The van der Waals surface area contributed by atoms with E-state index < -0.39 is 0 Å². The summed E-state index contributed by atoms with van der Waals surface area (Å²) in [6.07, 6.45) is 3.83. The highest BCUT2D eigenvalue weighted by Gasteiger charge is 2.24. The molecule has 0 amide bonds. The number of benzene rings is 2. The predicted octanol–water partition coefficient (Wildman–Crippen LogP) is 3.00. The van der Waals surface area contributed by atoms with Gasteiger partial charge in [0, 0.05) is 34.5 Å². The van der Waals surface area contributed by atoms with Gasteiger partial charge >= 0.3 is 0 Å². The van der Waals surface area contributed by atoms with E-state index in [9.17, 15) is 5.11 Å². The molecule has 0 radical (unpaired) electrons. The standard InChI is InChI=1S/C20H20N4O/c21-10-16-17(23)7-8-18-19(16)14-6-3-12(22)9-15(14)20(24-18)11-1-4-13(25)5-2-11/h1-2,4-5,7-8,10,12,21,25H,3,6,9,22-23H2. The fourth-order valence-corrected chi connectivity index (χ4v) is 3.72. The molecule has 2 aromatic carbocycles. The molecule has 126 valence electrons. The van der Waals surface area contributed by atoms with Crippen LogP contribution in [-0.4, -0.2) is 22.3 Å². The summed E-state index contributed by atoms with van der Waals surface area (Å²) in [4.78, 5) is 4.88. The van der Waals surface area contributed by atoms with Crippen LogP contribution in [0.2, 0.25) is 0 Å². The first kappa shape index (κ1) is 15.6. The molecule has 1 unspecified atom stereocenters. The molecule has 25 heavy (non-hydrogen) atoms. The number of nitrogens with one attached hydrogen (secondary N) is 1. The molecule has 0 saturated heterocycles. The number of fused-ring (bicyclic) bond motifs is 3. The number of nitrogens with two attached hydrogens (primary N) is 2. The molecule has 3 aromatic rings. The zero-order valence-corrected chi connectivity index (χ0v) is 13.8. The van der Waals surface area contributed by atoms with Gasteiger partial charge in [-0.05, 0) is 66.8 Å². The van der Waals surface area contributed by atoms with E-state index in [1.165, 1.54) is 11.8 Å². The van der Waals surface area contributed by atoms with Crippen molar-refractivity contribution >= 4 is 22.8 Å². The third kappa shape index (κ3) is 2.53. The number of aryl methyl sites for hydroxylation is 1. The van der Waals surface area contributed by atoms with Crippen molar-refractivity contribution in [2.75, 3.05) is 5.73 Å². The number of nitrogen functional groups attached to an aromatic ring is 1. The summed E-state index contributed by atoms with van der Waals surface area (Å²) < 4.78 is 0. The summed E-state index contributed by atoms with van der Waals surface area (Å²) in [5, 5.41) is 18.3. The van der Waals surface area contributed by atoms with Crippen molar-refractivity contribution in [1.29, 1.82) is 5.41 Å². The van der Waals surface area contributed by atoms with Crippen LogP contribution in [0.15, 0.2) is 36.4 Å². The van der Waals surface area contributed by atoms with Crippen LogP contribution < -0.4 is 11.5 Å². The topological polar surface area (TPSA) is 109 Å². The van der Waals surface area contributed by atoms with Crippen molar-refractivity contribution in [3.05, 3.63) is 53.1 Å². The number of nitrogens with zero attached hydrogens (tertiary/aromatic N) is 1. The van der Waals surface area contributed by atoms with Crippen molar-refractivity contribution in [1.82, 2.24) is 4.98 Å². The molecule has 5 heteroatoms. The molecule has 0 spiro atoms. The molecule has 4 rings (SSSR count). The van der Waals surface area contributed by atoms with Gasteiger partial charge in [0.1, 0.15) is 5.75 Å². The first-order valence-electron chi connectivity index (χ1n) is 8.38. The second-order valence-corrected chi connectivity index (χ2v) is 6.57. The van der Waals surface area contributed by atoms with E-state index in [0.29, 0.717) is 5.69 Å². The van der Waals surface area contributed by atoms with Crippen LogP contribution in [0, 0.1) is 5.41 Å². The maximum absolute atomic E-state index is 9.58. The van der Waals surface area contributed by atoms with Crippen molar-refractivity contribution < 1.29 is 5.11 Å². The van der Waals surface area contributed by atoms with E-state index in [1.54, 1.807) is 18.2 Å². The summed E-state index contributed by atoms with van der Waals surface area (Å²) in [7, 11) is 0. The zero-order valence-electron chi connectivity index (χ0n) is 13.8. The van der Waals surface area contributed by atoms with Crippen molar-refractivity contribution in [2.45, 2.75) is 25.3 Å². The molecule has 1 aromatic heterocycles. The molecule has 0 aliphatic heterocycles. The van der Waals surface area contributed by atoms with Gasteiger partial charge in [0.25, 0.3) is 0 Å². The minimum atomic E-state index is 0.104. The third-order valence-electron chi connectivity index (χ3n) is 4.96. The molecule has 5 nitrogen and oxygen atoms in total. The molecule has 0 bridgehead atoms. The summed E-state index contributed by atoms with van der Waals surface area (Å²) in [5.41, 5.74) is 18.7. The monoisotopic (exact) mass is 332 g/mol. The van der Waals surface area contributed by atoms with Crippen LogP contribution in [0.25, 0.3) is 22.2 Å². The number of phenols is 1. The lowest BCUT2D eigenvalue weighted by atomic mass is 9.83. The largest absolute Gasteiger partial charge is 0.508 e. The molecule has 1 aliphatic carbocycles. The normalized spacial score (nSPS) is 16.6. The van der Waals surface area contributed by atoms with Crippen LogP contribution >= 0.6 is 0 Å². The van der Waals surface area contributed by atoms with Gasteiger partial charge in [0.05, 0.1) is 11.2 Å². The smallest absolute Gasteiger partial charge is 0.115 e. The van der Waals surface area contributed by atoms with Crippen LogP contribution in [0.4, 0.5) is 5.69 Å². The summed E-state index contributed by atoms with van der Waals surface area (Å²) in [6, 6.07) is 10.9. The second-order valence-electron chi connectivity index (χ2n) is 6.57. The Morgan fingerprint density at radius 3 is 2.60 bits per heavy atom. The van der Waals surface area contributed by atoms with Gasteiger partial charge in [-0.2, -0.15) is 0 Å². The zero-order chi connectivity index (χ0) is 17.6. The van der Waals surface area contributed by atoms with E-state index >= 15 is 0 Å². The molecule has 1 aliphatic rings. The van der Waals surface area contributed by atoms with Crippen LogP contribution in [0.3, 0.4) is 0 Å². The third-order valence-corrected chi connectivity index (χ3v) is 4.96. The number of hydrogen-bond acceptors (Lipinski definition) is 5.